The van der Waals surface area contributed by atoms with Gasteiger partial charge >= 0.3 is 5.97 Å². The molecule has 0 saturated carbocycles. The normalized spacial score (nSPS) is 24.1. The van der Waals surface area contributed by atoms with Crippen LogP contribution in [0.25, 0.3) is 0 Å². The average molecular weight is 602 g/mol. The van der Waals surface area contributed by atoms with Gasteiger partial charge < -0.3 is 9.22 Å². The zero-order chi connectivity index (χ0) is 24.3. The fraction of sp³-hybridized carbons (Fsp3) is 0.357. The Balaban J connectivity index is 1.28. The number of thiophene rings is 1. The molecule has 3 saturated heterocycles. The summed E-state index contributed by atoms with van der Waals surface area (Å²) >= 11 is 3.80. The van der Waals surface area contributed by atoms with Gasteiger partial charge in [-0.3, -0.25) is 10.1 Å². The fourth-order valence-corrected chi connectivity index (χ4v) is 6.44. The number of nitrogens with one attached hydrogen (secondary N) is 1. The maximum atomic E-state index is 13.5. The highest BCUT2D eigenvalue weighted by Gasteiger charge is 2.49. The highest BCUT2D eigenvalue weighted by Crippen LogP contribution is 2.36. The summed E-state index contributed by atoms with van der Waals surface area (Å²) in [6.45, 7) is 3.78. The number of nitrogens with zero attached hydrogens (tertiary/aromatic N) is 1. The Hall–Kier alpha value is -2.07. The van der Waals surface area contributed by atoms with Crippen LogP contribution in [0.3, 0.4) is 0 Å². The van der Waals surface area contributed by atoms with Crippen molar-refractivity contribution in [3.05, 3.63) is 91.7 Å². The lowest BCUT2D eigenvalue weighted by Crippen LogP contribution is -2.65. The number of benzene rings is 2. The Bertz CT molecular complexity index is 1140. The van der Waals surface area contributed by atoms with Crippen molar-refractivity contribution in [2.24, 2.45) is 5.92 Å². The van der Waals surface area contributed by atoms with Gasteiger partial charge in [0.05, 0.1) is 18.0 Å². The van der Waals surface area contributed by atoms with Crippen LogP contribution in [0, 0.1) is 9.49 Å². The van der Waals surface area contributed by atoms with E-state index in [1.165, 1.54) is 14.9 Å². The van der Waals surface area contributed by atoms with Crippen molar-refractivity contribution in [1.29, 1.82) is 0 Å². The fourth-order valence-electron chi connectivity index (χ4n) is 5.42. The molecule has 7 heteroatoms. The van der Waals surface area contributed by atoms with Gasteiger partial charge in [-0.15, -0.1) is 11.3 Å². The van der Waals surface area contributed by atoms with Crippen LogP contribution in [-0.2, 0) is 16.1 Å². The predicted molar refractivity (Wildman–Crippen MR) is 146 cm³/mol. The monoisotopic (exact) mass is 601 g/mol. The van der Waals surface area contributed by atoms with E-state index in [1.54, 1.807) is 0 Å². The van der Waals surface area contributed by atoms with Gasteiger partial charge in [-0.2, -0.15) is 0 Å². The topological polar surface area (TPSA) is 55.4 Å². The second kappa shape index (κ2) is 10.9. The van der Waals surface area contributed by atoms with E-state index in [2.05, 4.69) is 52.2 Å². The van der Waals surface area contributed by atoms with Gasteiger partial charge in [-0.1, -0.05) is 48.5 Å². The Labute approximate surface area is 224 Å². The number of hydrogen-bond acceptors (Lipinski definition) is 5. The number of fused-ring (bicyclic) bond motifs is 3. The molecule has 2 aromatic carbocycles. The van der Waals surface area contributed by atoms with Gasteiger partial charge in [0.25, 0.3) is 0 Å². The summed E-state index contributed by atoms with van der Waals surface area (Å²) in [7, 11) is 0. The van der Waals surface area contributed by atoms with Gasteiger partial charge in [-0.05, 0) is 57.3 Å². The van der Waals surface area contributed by atoms with Crippen molar-refractivity contribution in [2.45, 2.75) is 31.5 Å². The molecular weight excluding hydrogens is 571 g/mol. The smallest absolute Gasteiger partial charge is 0.328 e. The molecule has 35 heavy (non-hydrogen) atoms. The third-order valence-corrected chi connectivity index (χ3v) is 9.01. The zero-order valence-electron chi connectivity index (χ0n) is 19.6. The summed E-state index contributed by atoms with van der Waals surface area (Å²) in [6.07, 6.45) is 1.86. The molecule has 0 amide bonds. The molecule has 1 aromatic heterocycles. The summed E-state index contributed by atoms with van der Waals surface area (Å²) in [5.74, 6) is 0.346. The first-order valence-corrected chi connectivity index (χ1v) is 14.1. The van der Waals surface area contributed by atoms with Crippen molar-refractivity contribution >= 4 is 45.7 Å². The van der Waals surface area contributed by atoms with Crippen LogP contribution in [0.2, 0.25) is 0 Å². The number of Topliss-reactive ketones (excluding diaryl/α,β-unsaturated/α-hetero) is 1. The lowest BCUT2D eigenvalue weighted by atomic mass is 9.83. The second-order valence-corrected chi connectivity index (χ2v) is 11.9. The van der Waals surface area contributed by atoms with Crippen LogP contribution in [0.5, 0.6) is 0 Å². The molecule has 3 fully saturated rings. The number of quaternary nitrogens is 1. The molecule has 0 radical (unpaired) electrons. The molecule has 3 aromatic rings. The van der Waals surface area contributed by atoms with Crippen molar-refractivity contribution < 1.29 is 18.8 Å². The van der Waals surface area contributed by atoms with E-state index in [4.69, 9.17) is 4.74 Å². The summed E-state index contributed by atoms with van der Waals surface area (Å²) in [5, 5.41) is 5.38. The Morgan fingerprint density at radius 2 is 1.77 bits per heavy atom. The molecule has 2 atom stereocenters. The lowest BCUT2D eigenvalue weighted by molar-refractivity contribution is -0.938. The molecular formula is C28H30IN2O3S+. The summed E-state index contributed by atoms with van der Waals surface area (Å²) < 4.78 is 8.14. The Kier molecular flexibility index (Phi) is 7.67. The maximum Gasteiger partial charge on any atom is 0.328 e. The number of carbonyl (C=O) groups excluding carboxylic acids is 2. The van der Waals surface area contributed by atoms with Crippen LogP contribution in [0.15, 0.2) is 72.1 Å². The summed E-state index contributed by atoms with van der Waals surface area (Å²) in [5.41, 5.74) is 2.03. The molecule has 4 heterocycles. The minimum absolute atomic E-state index is 0.146. The SMILES string of the molecule is O=C(C[N+]12CCC(CC1)[C@@H](OC(=O)C(NCc1ccc(I)cc1)c1ccccc1)C2)c1cccs1. The van der Waals surface area contributed by atoms with Gasteiger partial charge in [0, 0.05) is 28.9 Å². The number of ketones is 1. The predicted octanol–water partition coefficient (Wildman–Crippen LogP) is 5.22. The van der Waals surface area contributed by atoms with Crippen molar-refractivity contribution in [3.8, 4) is 0 Å². The molecule has 3 aliphatic rings. The molecule has 3 aliphatic heterocycles. The van der Waals surface area contributed by atoms with Crippen molar-refractivity contribution in [1.82, 2.24) is 5.32 Å². The van der Waals surface area contributed by atoms with Gasteiger partial charge in [0.15, 0.2) is 6.10 Å². The van der Waals surface area contributed by atoms with E-state index >= 15 is 0 Å². The summed E-state index contributed by atoms with van der Waals surface area (Å²) in [6, 6.07) is 21.4. The molecule has 1 N–H and O–H groups in total. The standard InChI is InChI=1S/C28H30IN2O3S/c29-23-10-8-20(9-11-23)17-30-27(22-5-2-1-3-6-22)28(33)34-25-19-31(14-12-21(25)13-15-31)18-24(32)26-7-4-16-35-26/h1-11,16,21,25,27,30H,12-15,17-19H2/q+1/t21?,25-,27?,31?/m0/s1. The number of piperidine rings is 3. The Morgan fingerprint density at radius 3 is 2.46 bits per heavy atom. The van der Waals surface area contributed by atoms with Crippen LogP contribution in [-0.4, -0.2) is 48.5 Å². The van der Waals surface area contributed by atoms with E-state index in [0.29, 0.717) is 19.0 Å². The molecule has 1 unspecified atom stereocenters. The van der Waals surface area contributed by atoms with E-state index in [1.807, 2.05) is 47.8 Å². The third kappa shape index (κ3) is 5.85. The van der Waals surface area contributed by atoms with Gasteiger partial charge in [-0.25, -0.2) is 4.79 Å². The first-order valence-electron chi connectivity index (χ1n) is 12.2. The van der Waals surface area contributed by atoms with E-state index in [0.717, 1.165) is 53.0 Å². The maximum absolute atomic E-state index is 13.5. The molecule has 2 bridgehead atoms. The quantitative estimate of drug-likeness (QED) is 0.158. The van der Waals surface area contributed by atoms with Gasteiger partial charge in [0.1, 0.15) is 19.1 Å². The van der Waals surface area contributed by atoms with Crippen LogP contribution >= 0.6 is 33.9 Å². The second-order valence-electron chi connectivity index (χ2n) is 9.69. The molecule has 182 valence electrons. The van der Waals surface area contributed by atoms with Crippen LogP contribution in [0.4, 0.5) is 0 Å². The first kappa shape index (κ1) is 24.6. The molecule has 0 spiro atoms. The number of rotatable bonds is 9. The lowest BCUT2D eigenvalue weighted by Gasteiger charge is -2.51. The van der Waals surface area contributed by atoms with E-state index in [-0.39, 0.29) is 17.9 Å². The summed E-state index contributed by atoms with van der Waals surface area (Å²) in [4.78, 5) is 27.2. The number of carbonyl (C=O) groups is 2. The Morgan fingerprint density at radius 1 is 1.03 bits per heavy atom. The molecule has 6 rings (SSSR count). The highest BCUT2D eigenvalue weighted by molar-refractivity contribution is 14.1. The van der Waals surface area contributed by atoms with E-state index in [9.17, 15) is 9.59 Å². The number of ether oxygens (including phenoxy) is 1. The minimum atomic E-state index is -0.535. The van der Waals surface area contributed by atoms with Crippen LogP contribution < -0.4 is 5.32 Å². The number of esters is 1. The largest absolute Gasteiger partial charge is 0.455 e. The number of halogens is 1. The third-order valence-electron chi connectivity index (χ3n) is 7.38. The average Bonchev–Trinajstić information content (AvgIpc) is 3.42. The van der Waals surface area contributed by atoms with E-state index < -0.39 is 6.04 Å². The van der Waals surface area contributed by atoms with Crippen molar-refractivity contribution in [2.75, 3.05) is 26.2 Å². The minimum Gasteiger partial charge on any atom is -0.455 e. The number of hydrogen-bond donors (Lipinski definition) is 1. The molecule has 5 nitrogen and oxygen atoms in total. The van der Waals surface area contributed by atoms with Gasteiger partial charge in [0.2, 0.25) is 5.78 Å². The first-order chi connectivity index (χ1) is 17.0. The molecule has 0 aliphatic carbocycles. The van der Waals surface area contributed by atoms with Crippen LogP contribution in [0.1, 0.15) is 39.7 Å². The zero-order valence-corrected chi connectivity index (χ0v) is 22.5. The highest BCUT2D eigenvalue weighted by atomic mass is 127. The van der Waals surface area contributed by atoms with Crippen molar-refractivity contribution in [3.63, 3.8) is 0 Å².